The zero-order chi connectivity index (χ0) is 15.1. The van der Waals surface area contributed by atoms with Gasteiger partial charge in [0.1, 0.15) is 5.82 Å². The summed E-state index contributed by atoms with van der Waals surface area (Å²) in [4.78, 5) is 5.72. The molecule has 0 aliphatic heterocycles. The van der Waals surface area contributed by atoms with Gasteiger partial charge in [-0.15, -0.1) is 5.10 Å². The molecule has 21 heavy (non-hydrogen) atoms. The highest BCUT2D eigenvalue weighted by atomic mass is 32.1. The van der Waals surface area contributed by atoms with Gasteiger partial charge in [-0.25, -0.2) is 4.98 Å². The van der Waals surface area contributed by atoms with Gasteiger partial charge in [0, 0.05) is 31.9 Å². The average molecular weight is 307 g/mol. The highest BCUT2D eigenvalue weighted by molar-refractivity contribution is 7.05. The molecule has 1 N–H and O–H groups in total. The summed E-state index contributed by atoms with van der Waals surface area (Å²) in [7, 11) is 2.05. The van der Waals surface area contributed by atoms with E-state index in [-0.39, 0.29) is 0 Å². The Bertz CT molecular complexity index is 534. The highest BCUT2D eigenvalue weighted by Gasteiger charge is 2.19. The smallest absolute Gasteiger partial charge is 0.108 e. The molecule has 5 nitrogen and oxygen atoms in total. The second-order valence-electron chi connectivity index (χ2n) is 5.33. The van der Waals surface area contributed by atoms with Crippen molar-refractivity contribution in [2.24, 2.45) is 7.05 Å². The molecule has 2 aromatic rings. The number of aromatic nitrogens is 4. The molecule has 0 aliphatic rings. The van der Waals surface area contributed by atoms with Gasteiger partial charge in [0.2, 0.25) is 0 Å². The molecule has 0 fully saturated rings. The molecule has 1 unspecified atom stereocenters. The highest BCUT2D eigenvalue weighted by Crippen LogP contribution is 2.25. The summed E-state index contributed by atoms with van der Waals surface area (Å²) in [5.41, 5.74) is 1.16. The Morgan fingerprint density at radius 1 is 1.29 bits per heavy atom. The zero-order valence-corrected chi connectivity index (χ0v) is 14.0. The number of rotatable bonds is 9. The normalized spacial score (nSPS) is 12.7. The minimum Gasteiger partial charge on any atom is -0.338 e. The molecule has 0 aromatic carbocycles. The fraction of sp³-hybridized carbons (Fsp3) is 0.667. The maximum atomic E-state index is 4.42. The third-order valence-corrected chi connectivity index (χ3v) is 4.49. The van der Waals surface area contributed by atoms with E-state index in [1.807, 2.05) is 19.4 Å². The van der Waals surface area contributed by atoms with Gasteiger partial charge in [0.15, 0.2) is 0 Å². The van der Waals surface area contributed by atoms with Crippen molar-refractivity contribution in [1.29, 1.82) is 0 Å². The molecule has 0 aliphatic carbocycles. The van der Waals surface area contributed by atoms with Crippen molar-refractivity contribution in [3.63, 3.8) is 0 Å². The van der Waals surface area contributed by atoms with Crippen LogP contribution < -0.4 is 5.32 Å². The van der Waals surface area contributed by atoms with Crippen LogP contribution in [0.1, 0.15) is 55.5 Å². The van der Waals surface area contributed by atoms with Crippen LogP contribution in [-0.4, -0.2) is 25.7 Å². The zero-order valence-electron chi connectivity index (χ0n) is 13.2. The van der Waals surface area contributed by atoms with Gasteiger partial charge in [-0.05, 0) is 37.3 Å². The van der Waals surface area contributed by atoms with Gasteiger partial charge in [0.25, 0.3) is 0 Å². The number of nitrogens with one attached hydrogen (secondary N) is 1. The van der Waals surface area contributed by atoms with Crippen LogP contribution in [0.2, 0.25) is 0 Å². The van der Waals surface area contributed by atoms with Crippen LogP contribution in [0.15, 0.2) is 12.4 Å². The Hall–Kier alpha value is -1.27. The van der Waals surface area contributed by atoms with E-state index < -0.39 is 0 Å². The van der Waals surface area contributed by atoms with E-state index in [1.54, 1.807) is 0 Å². The summed E-state index contributed by atoms with van der Waals surface area (Å²) >= 11 is 1.54. The van der Waals surface area contributed by atoms with Crippen molar-refractivity contribution in [1.82, 2.24) is 24.5 Å². The van der Waals surface area contributed by atoms with E-state index in [2.05, 4.69) is 38.3 Å². The second kappa shape index (κ2) is 8.24. The molecule has 2 aromatic heterocycles. The lowest BCUT2D eigenvalue weighted by Gasteiger charge is -2.17. The molecule has 0 radical (unpaired) electrons. The fourth-order valence-corrected chi connectivity index (χ4v) is 3.25. The maximum Gasteiger partial charge on any atom is 0.108 e. The quantitative estimate of drug-likeness (QED) is 0.774. The summed E-state index contributed by atoms with van der Waals surface area (Å²) in [5, 5.41) is 7.95. The summed E-state index contributed by atoms with van der Waals surface area (Å²) in [6.45, 7) is 5.40. The largest absolute Gasteiger partial charge is 0.338 e. The molecular weight excluding hydrogens is 282 g/mol. The minimum atomic E-state index is 0.336. The summed E-state index contributed by atoms with van der Waals surface area (Å²) < 4.78 is 6.26. The van der Waals surface area contributed by atoms with E-state index in [9.17, 15) is 0 Å². The first-order valence-corrected chi connectivity index (χ1v) is 8.54. The van der Waals surface area contributed by atoms with Crippen molar-refractivity contribution in [2.45, 2.75) is 52.0 Å². The maximum absolute atomic E-state index is 4.42. The van der Waals surface area contributed by atoms with Gasteiger partial charge in [-0.1, -0.05) is 24.8 Å². The van der Waals surface area contributed by atoms with E-state index in [0.29, 0.717) is 6.04 Å². The summed E-state index contributed by atoms with van der Waals surface area (Å²) in [6.07, 6.45) is 9.12. The van der Waals surface area contributed by atoms with Crippen molar-refractivity contribution in [2.75, 3.05) is 6.54 Å². The number of nitrogens with zero attached hydrogens (tertiary/aromatic N) is 4. The van der Waals surface area contributed by atoms with Crippen LogP contribution in [0.3, 0.4) is 0 Å². The van der Waals surface area contributed by atoms with E-state index in [1.165, 1.54) is 16.4 Å². The molecule has 2 heterocycles. The molecule has 0 bridgehead atoms. The van der Waals surface area contributed by atoms with Gasteiger partial charge < -0.3 is 9.88 Å². The topological polar surface area (TPSA) is 55.6 Å². The monoisotopic (exact) mass is 307 g/mol. The van der Waals surface area contributed by atoms with Gasteiger partial charge in [0.05, 0.1) is 10.6 Å². The number of hydrogen-bond acceptors (Lipinski definition) is 5. The van der Waals surface area contributed by atoms with Crippen molar-refractivity contribution >= 4 is 11.5 Å². The molecular formula is C15H25N5S. The van der Waals surface area contributed by atoms with Crippen LogP contribution >= 0.6 is 11.5 Å². The van der Waals surface area contributed by atoms with Gasteiger partial charge >= 0.3 is 0 Å². The van der Waals surface area contributed by atoms with E-state index >= 15 is 0 Å². The van der Waals surface area contributed by atoms with E-state index in [4.69, 9.17) is 0 Å². The Balaban J connectivity index is 2.06. The predicted octanol–water partition coefficient (Wildman–Crippen LogP) is 2.90. The van der Waals surface area contributed by atoms with Crippen molar-refractivity contribution in [3.05, 3.63) is 28.8 Å². The Labute approximate surface area is 131 Å². The number of hydrogen-bond donors (Lipinski definition) is 1. The fourth-order valence-electron chi connectivity index (χ4n) is 2.45. The first-order valence-electron chi connectivity index (χ1n) is 7.76. The summed E-state index contributed by atoms with van der Waals surface area (Å²) in [5.74, 6) is 1.13. The third-order valence-electron chi connectivity index (χ3n) is 3.61. The first-order chi connectivity index (χ1) is 10.3. The molecule has 2 rings (SSSR count). The van der Waals surface area contributed by atoms with Crippen LogP contribution in [0.5, 0.6) is 0 Å². The molecule has 116 valence electrons. The lowest BCUT2D eigenvalue weighted by atomic mass is 10.1. The van der Waals surface area contributed by atoms with Crippen LogP contribution in [-0.2, 0) is 19.9 Å². The Morgan fingerprint density at radius 3 is 2.81 bits per heavy atom. The molecule has 0 spiro atoms. The SMILES string of the molecule is CCCNC(CCc1nccn1C)c1snnc1CCC. The molecule has 0 amide bonds. The standard InChI is InChI=1S/C15H25N5S/c1-4-6-13-15(21-19-18-13)12(16-9-5-2)7-8-14-17-10-11-20(14)3/h10-12,16H,4-9H2,1-3H3. The lowest BCUT2D eigenvalue weighted by molar-refractivity contribution is 0.493. The van der Waals surface area contributed by atoms with Crippen LogP contribution in [0.4, 0.5) is 0 Å². The Kier molecular flexibility index (Phi) is 6.32. The van der Waals surface area contributed by atoms with Gasteiger partial charge in [-0.2, -0.15) is 0 Å². The van der Waals surface area contributed by atoms with E-state index in [0.717, 1.165) is 50.2 Å². The molecule has 0 saturated heterocycles. The average Bonchev–Trinajstić information content (AvgIpc) is 3.09. The number of imidazole rings is 1. The van der Waals surface area contributed by atoms with Crippen LogP contribution in [0, 0.1) is 0 Å². The van der Waals surface area contributed by atoms with Crippen molar-refractivity contribution < 1.29 is 0 Å². The first kappa shape index (κ1) is 16.1. The molecule has 0 saturated carbocycles. The van der Waals surface area contributed by atoms with Gasteiger partial charge in [-0.3, -0.25) is 0 Å². The van der Waals surface area contributed by atoms with Crippen molar-refractivity contribution in [3.8, 4) is 0 Å². The summed E-state index contributed by atoms with van der Waals surface area (Å²) in [6, 6.07) is 0.336. The molecule has 1 atom stereocenters. The third kappa shape index (κ3) is 4.35. The second-order valence-corrected chi connectivity index (χ2v) is 6.12. The van der Waals surface area contributed by atoms with Crippen LogP contribution in [0.25, 0.3) is 0 Å². The predicted molar refractivity (Wildman–Crippen MR) is 86.5 cm³/mol. The Morgan fingerprint density at radius 2 is 2.14 bits per heavy atom. The lowest BCUT2D eigenvalue weighted by Crippen LogP contribution is -2.23. The number of aryl methyl sites for hydroxylation is 3. The minimum absolute atomic E-state index is 0.336. The molecule has 6 heteroatoms.